The summed E-state index contributed by atoms with van der Waals surface area (Å²) in [6.45, 7) is 3.27. The molecule has 1 aliphatic carbocycles. The predicted molar refractivity (Wildman–Crippen MR) is 89.0 cm³/mol. The van der Waals surface area contributed by atoms with E-state index in [1.807, 2.05) is 35.0 Å². The van der Waals surface area contributed by atoms with Crippen LogP contribution < -0.4 is 5.32 Å². The molecule has 3 rings (SSSR count). The third-order valence-corrected chi connectivity index (χ3v) is 3.72. The average molecular weight is 316 g/mol. The van der Waals surface area contributed by atoms with Gasteiger partial charge in [-0.25, -0.2) is 9.37 Å². The van der Waals surface area contributed by atoms with Crippen LogP contribution in [0.5, 0.6) is 0 Å². The Labute approximate surface area is 134 Å². The third kappa shape index (κ3) is 3.70. The van der Waals surface area contributed by atoms with Crippen molar-refractivity contribution in [1.29, 1.82) is 0 Å². The number of hydrogen-bond donors (Lipinski definition) is 1. The molecule has 0 saturated heterocycles. The number of nitrogens with zero attached hydrogens (tertiary/aromatic N) is 3. The summed E-state index contributed by atoms with van der Waals surface area (Å²) in [6.07, 6.45) is 9.63. The maximum atomic E-state index is 13.6. The largest absolute Gasteiger partial charge is 0.501 e. The summed E-state index contributed by atoms with van der Waals surface area (Å²) >= 11 is 0. The Bertz CT molecular complexity index is 770. The van der Waals surface area contributed by atoms with Gasteiger partial charge in [0.2, 0.25) is 5.78 Å². The van der Waals surface area contributed by atoms with Crippen molar-refractivity contribution >= 4 is 17.2 Å². The molecule has 23 heavy (non-hydrogen) atoms. The first kappa shape index (κ1) is 15.5. The first-order chi connectivity index (χ1) is 10.9. The first-order valence-electron chi connectivity index (χ1n) is 7.67. The zero-order valence-corrected chi connectivity index (χ0v) is 13.6. The minimum Gasteiger partial charge on any atom is -0.501 e. The lowest BCUT2D eigenvalue weighted by atomic mass is 10.0. The quantitative estimate of drug-likeness (QED) is 0.916. The van der Waals surface area contributed by atoms with Crippen LogP contribution in [0.2, 0.25) is 0 Å². The van der Waals surface area contributed by atoms with Gasteiger partial charge in [-0.3, -0.25) is 4.40 Å². The second-order valence-corrected chi connectivity index (χ2v) is 6.25. The highest BCUT2D eigenvalue weighted by molar-refractivity contribution is 5.67. The molecule has 2 heterocycles. The fourth-order valence-corrected chi connectivity index (χ4v) is 2.43. The number of fused-ring (bicyclic) bond motifs is 1. The number of imidazole rings is 1. The summed E-state index contributed by atoms with van der Waals surface area (Å²) in [6, 6.07) is 1.82. The zero-order valence-electron chi connectivity index (χ0n) is 13.6. The van der Waals surface area contributed by atoms with Crippen LogP contribution in [0, 0.1) is 0 Å². The van der Waals surface area contributed by atoms with Crippen molar-refractivity contribution in [3.05, 3.63) is 42.1 Å². The van der Waals surface area contributed by atoms with Gasteiger partial charge in [0.05, 0.1) is 18.6 Å². The van der Waals surface area contributed by atoms with E-state index in [4.69, 9.17) is 4.74 Å². The number of halogens is 1. The van der Waals surface area contributed by atoms with E-state index in [1.165, 1.54) is 13.8 Å². The molecule has 5 nitrogen and oxygen atoms in total. The predicted octanol–water partition coefficient (Wildman–Crippen LogP) is 3.60. The highest BCUT2D eigenvalue weighted by atomic mass is 19.1. The van der Waals surface area contributed by atoms with Gasteiger partial charge in [0.15, 0.2) is 0 Å². The molecule has 1 N–H and O–H groups in total. The topological polar surface area (TPSA) is 51.5 Å². The smallest absolute Gasteiger partial charge is 0.236 e. The summed E-state index contributed by atoms with van der Waals surface area (Å²) in [4.78, 5) is 9.00. The number of rotatable bonds is 5. The number of nitrogens with one attached hydrogen (secondary N) is 1. The Morgan fingerprint density at radius 3 is 2.78 bits per heavy atom. The summed E-state index contributed by atoms with van der Waals surface area (Å²) in [5.74, 6) is 2.21. The van der Waals surface area contributed by atoms with Crippen LogP contribution in [0.1, 0.15) is 32.4 Å². The van der Waals surface area contributed by atoms with E-state index in [0.717, 1.165) is 29.9 Å². The summed E-state index contributed by atoms with van der Waals surface area (Å²) < 4.78 is 20.7. The van der Waals surface area contributed by atoms with E-state index in [2.05, 4.69) is 15.3 Å². The lowest BCUT2D eigenvalue weighted by Crippen LogP contribution is -2.24. The Morgan fingerprint density at radius 2 is 2.13 bits per heavy atom. The van der Waals surface area contributed by atoms with Crippen LogP contribution >= 0.6 is 0 Å². The van der Waals surface area contributed by atoms with Gasteiger partial charge in [-0.05, 0) is 38.0 Å². The second kappa shape index (κ2) is 6.02. The first-order valence-corrected chi connectivity index (χ1v) is 7.67. The zero-order chi connectivity index (χ0) is 16.4. The molecule has 0 amide bonds. The highest BCUT2D eigenvalue weighted by Gasteiger charge is 2.16. The number of methoxy groups -OCH3 is 1. The molecule has 0 atom stereocenters. The van der Waals surface area contributed by atoms with Gasteiger partial charge in [0, 0.05) is 25.4 Å². The lowest BCUT2D eigenvalue weighted by Gasteiger charge is -2.15. The Morgan fingerprint density at radius 1 is 1.30 bits per heavy atom. The number of anilines is 1. The Balaban J connectivity index is 1.82. The standard InChI is InChI=1S/C17H21FN4O/c1-17(2,18)11-19-15-8-9-22-10-14(20-16(22)21-15)12-4-6-13(23-3)7-5-12/h4,6,8-10H,5,7,11H2,1-3H3,(H,19,20,21). The van der Waals surface area contributed by atoms with Gasteiger partial charge in [-0.2, -0.15) is 4.98 Å². The SMILES string of the molecule is COC1=CC=C(c2cn3ccc(NCC(C)(C)F)nc3n2)CC1. The maximum Gasteiger partial charge on any atom is 0.236 e. The summed E-state index contributed by atoms with van der Waals surface area (Å²) in [5.41, 5.74) is 0.787. The molecule has 0 fully saturated rings. The molecule has 0 bridgehead atoms. The van der Waals surface area contributed by atoms with Gasteiger partial charge in [0.25, 0.3) is 0 Å². The minimum atomic E-state index is -1.29. The molecular formula is C17H21FN4O. The lowest BCUT2D eigenvalue weighted by molar-refractivity contribution is 0.235. The molecule has 0 aromatic carbocycles. The molecule has 122 valence electrons. The molecule has 1 aliphatic rings. The van der Waals surface area contributed by atoms with E-state index in [0.29, 0.717) is 11.6 Å². The van der Waals surface area contributed by atoms with Crippen molar-refractivity contribution in [2.24, 2.45) is 0 Å². The Hall–Kier alpha value is -2.37. The van der Waals surface area contributed by atoms with Crippen LogP contribution in [-0.2, 0) is 4.74 Å². The fraction of sp³-hybridized carbons (Fsp3) is 0.412. The van der Waals surface area contributed by atoms with Gasteiger partial charge >= 0.3 is 0 Å². The maximum absolute atomic E-state index is 13.6. The highest BCUT2D eigenvalue weighted by Crippen LogP contribution is 2.26. The average Bonchev–Trinajstić information content (AvgIpc) is 2.95. The summed E-state index contributed by atoms with van der Waals surface area (Å²) in [5, 5.41) is 3.00. The molecule has 0 saturated carbocycles. The van der Waals surface area contributed by atoms with E-state index in [-0.39, 0.29) is 6.54 Å². The van der Waals surface area contributed by atoms with Gasteiger partial charge in [-0.1, -0.05) is 6.08 Å². The number of ether oxygens (including phenoxy) is 1. The molecule has 6 heteroatoms. The van der Waals surface area contributed by atoms with E-state index in [9.17, 15) is 4.39 Å². The van der Waals surface area contributed by atoms with Crippen molar-refractivity contribution in [1.82, 2.24) is 14.4 Å². The fourth-order valence-electron chi connectivity index (χ4n) is 2.43. The monoisotopic (exact) mass is 316 g/mol. The van der Waals surface area contributed by atoms with Crippen molar-refractivity contribution in [3.8, 4) is 0 Å². The number of alkyl halides is 1. The number of allylic oxidation sites excluding steroid dienone is 4. The van der Waals surface area contributed by atoms with Crippen molar-refractivity contribution in [2.75, 3.05) is 19.0 Å². The Kier molecular flexibility index (Phi) is 4.07. The van der Waals surface area contributed by atoms with Crippen LogP contribution in [0.3, 0.4) is 0 Å². The van der Waals surface area contributed by atoms with Gasteiger partial charge < -0.3 is 10.1 Å². The molecule has 0 radical (unpaired) electrons. The number of aromatic nitrogens is 3. The van der Waals surface area contributed by atoms with Crippen LogP contribution in [0.25, 0.3) is 11.4 Å². The van der Waals surface area contributed by atoms with Crippen molar-refractivity contribution in [3.63, 3.8) is 0 Å². The molecular weight excluding hydrogens is 295 g/mol. The van der Waals surface area contributed by atoms with Crippen molar-refractivity contribution in [2.45, 2.75) is 32.4 Å². The molecule has 2 aromatic rings. The van der Waals surface area contributed by atoms with Crippen LogP contribution in [0.4, 0.5) is 10.2 Å². The van der Waals surface area contributed by atoms with E-state index >= 15 is 0 Å². The van der Waals surface area contributed by atoms with E-state index in [1.54, 1.807) is 7.11 Å². The third-order valence-electron chi connectivity index (χ3n) is 3.72. The molecule has 0 aliphatic heterocycles. The van der Waals surface area contributed by atoms with Crippen LogP contribution in [-0.4, -0.2) is 33.7 Å². The van der Waals surface area contributed by atoms with Gasteiger partial charge in [0.1, 0.15) is 11.5 Å². The molecule has 2 aromatic heterocycles. The molecule has 0 spiro atoms. The number of hydrogen-bond acceptors (Lipinski definition) is 4. The normalized spacial score (nSPS) is 15.3. The van der Waals surface area contributed by atoms with Gasteiger partial charge in [-0.15, -0.1) is 0 Å². The minimum absolute atomic E-state index is 0.208. The van der Waals surface area contributed by atoms with Crippen molar-refractivity contribution < 1.29 is 9.13 Å². The second-order valence-electron chi connectivity index (χ2n) is 6.25. The van der Waals surface area contributed by atoms with Crippen LogP contribution in [0.15, 0.2) is 36.4 Å². The molecule has 0 unspecified atom stereocenters. The van der Waals surface area contributed by atoms with E-state index < -0.39 is 5.67 Å². The summed E-state index contributed by atoms with van der Waals surface area (Å²) in [7, 11) is 1.69.